The first kappa shape index (κ1) is 19.3. The van der Waals surface area contributed by atoms with Crippen molar-refractivity contribution in [1.29, 1.82) is 0 Å². The third kappa shape index (κ3) is 3.46. The van der Waals surface area contributed by atoms with Gasteiger partial charge < -0.3 is 10.1 Å². The molecule has 14 heavy (non-hydrogen) atoms. The third-order valence-electron chi connectivity index (χ3n) is 1.57. The lowest BCUT2D eigenvalue weighted by Gasteiger charge is -1.91. The van der Waals surface area contributed by atoms with Crippen LogP contribution in [0, 0.1) is 0 Å². The number of hydrogen-bond donors (Lipinski definition) is 2. The lowest BCUT2D eigenvalue weighted by Crippen LogP contribution is -1.66. The molecule has 0 fully saturated rings. The highest BCUT2D eigenvalue weighted by atomic mass is 35.5. The van der Waals surface area contributed by atoms with Crippen molar-refractivity contribution < 1.29 is 5.11 Å². The van der Waals surface area contributed by atoms with E-state index in [1.54, 1.807) is 6.07 Å². The van der Waals surface area contributed by atoms with Crippen LogP contribution < -0.4 is 0 Å². The van der Waals surface area contributed by atoms with E-state index in [2.05, 4.69) is 4.98 Å². The van der Waals surface area contributed by atoms with Gasteiger partial charge in [0.05, 0.1) is 0 Å². The first-order valence-corrected chi connectivity index (χ1v) is 3.13. The Morgan fingerprint density at radius 2 is 1.57 bits per heavy atom. The number of aromatic amines is 1. The van der Waals surface area contributed by atoms with Crippen molar-refractivity contribution in [3.8, 4) is 5.75 Å². The Kier molecular flexibility index (Phi) is 11.1. The van der Waals surface area contributed by atoms with E-state index < -0.39 is 0 Å². The van der Waals surface area contributed by atoms with Gasteiger partial charge in [-0.15, -0.1) is 49.6 Å². The van der Waals surface area contributed by atoms with Crippen LogP contribution in [0.15, 0.2) is 30.5 Å². The highest BCUT2D eigenvalue weighted by molar-refractivity contribution is 5.86. The summed E-state index contributed by atoms with van der Waals surface area (Å²) in [6, 6.07) is 7.27. The van der Waals surface area contributed by atoms with Crippen molar-refractivity contribution in [3.05, 3.63) is 30.5 Å². The van der Waals surface area contributed by atoms with Crippen LogP contribution in [0.5, 0.6) is 5.75 Å². The van der Waals surface area contributed by atoms with Crippen LogP contribution in [-0.2, 0) is 0 Å². The Labute approximate surface area is 107 Å². The van der Waals surface area contributed by atoms with Crippen LogP contribution in [0.3, 0.4) is 0 Å². The maximum atomic E-state index is 9.24. The number of halogens is 4. The fourth-order valence-corrected chi connectivity index (χ4v) is 1.07. The summed E-state index contributed by atoms with van der Waals surface area (Å²) in [6.45, 7) is 0. The summed E-state index contributed by atoms with van der Waals surface area (Å²) < 4.78 is 0. The zero-order chi connectivity index (χ0) is 6.97. The second-order valence-electron chi connectivity index (χ2n) is 2.22. The molecule has 6 heteroatoms. The van der Waals surface area contributed by atoms with Crippen molar-refractivity contribution in [2.75, 3.05) is 0 Å². The Balaban J connectivity index is -0.000000302. The molecular weight excluding hydrogens is 268 g/mol. The van der Waals surface area contributed by atoms with E-state index in [9.17, 15) is 5.11 Å². The van der Waals surface area contributed by atoms with E-state index in [4.69, 9.17) is 0 Å². The molecule has 2 rings (SSSR count). The quantitative estimate of drug-likeness (QED) is 0.760. The number of phenols is 1. The Morgan fingerprint density at radius 3 is 2.14 bits per heavy atom. The highest BCUT2D eigenvalue weighted by Gasteiger charge is 1.96. The third-order valence-corrected chi connectivity index (χ3v) is 1.57. The Bertz CT molecular complexity index is 363. The van der Waals surface area contributed by atoms with E-state index >= 15 is 0 Å². The fourth-order valence-electron chi connectivity index (χ4n) is 1.07. The standard InChI is InChI=1S/C8H7NO.4ClH/c10-8-3-1-2-7-6(8)4-5-9-7;;;;/h1-5,9-10H;4*1H. The van der Waals surface area contributed by atoms with Crippen LogP contribution in [0.2, 0.25) is 0 Å². The number of benzene rings is 1. The maximum Gasteiger partial charge on any atom is 0.124 e. The van der Waals surface area contributed by atoms with Gasteiger partial charge in [0, 0.05) is 17.1 Å². The van der Waals surface area contributed by atoms with Crippen molar-refractivity contribution in [1.82, 2.24) is 4.98 Å². The molecule has 0 bridgehead atoms. The first-order valence-electron chi connectivity index (χ1n) is 3.13. The minimum absolute atomic E-state index is 0. The predicted octanol–water partition coefficient (Wildman–Crippen LogP) is 3.56. The molecule has 0 unspecified atom stereocenters. The largest absolute Gasteiger partial charge is 0.507 e. The first-order chi connectivity index (χ1) is 4.88. The van der Waals surface area contributed by atoms with Gasteiger partial charge in [-0.2, -0.15) is 0 Å². The van der Waals surface area contributed by atoms with Crippen LogP contribution in [-0.4, -0.2) is 10.1 Å². The highest BCUT2D eigenvalue weighted by Crippen LogP contribution is 2.22. The zero-order valence-corrected chi connectivity index (χ0v) is 10.2. The molecule has 0 atom stereocenters. The summed E-state index contributed by atoms with van der Waals surface area (Å²) in [5.74, 6) is 0.332. The smallest absolute Gasteiger partial charge is 0.124 e. The average molecular weight is 279 g/mol. The van der Waals surface area contributed by atoms with E-state index in [1.165, 1.54) is 0 Å². The Morgan fingerprint density at radius 1 is 0.929 bits per heavy atom. The van der Waals surface area contributed by atoms with E-state index in [-0.39, 0.29) is 49.6 Å². The second-order valence-corrected chi connectivity index (χ2v) is 2.22. The van der Waals surface area contributed by atoms with Gasteiger partial charge in [-0.3, -0.25) is 0 Å². The predicted molar refractivity (Wildman–Crippen MR) is 69.0 cm³/mol. The number of phenolic OH excluding ortho intramolecular Hbond substituents is 1. The molecular formula is C8H11Cl4NO. The molecule has 0 aliphatic carbocycles. The lowest BCUT2D eigenvalue weighted by molar-refractivity contribution is 0.482. The van der Waals surface area contributed by atoms with Gasteiger partial charge >= 0.3 is 0 Å². The van der Waals surface area contributed by atoms with Gasteiger partial charge in [-0.05, 0) is 18.2 Å². The van der Waals surface area contributed by atoms with Gasteiger partial charge in [0.25, 0.3) is 0 Å². The number of nitrogens with one attached hydrogen (secondary N) is 1. The molecule has 1 aromatic carbocycles. The van der Waals surface area contributed by atoms with Gasteiger partial charge in [0.2, 0.25) is 0 Å². The molecule has 0 spiro atoms. The van der Waals surface area contributed by atoms with Crippen LogP contribution in [0.4, 0.5) is 0 Å². The number of aromatic hydroxyl groups is 1. The number of fused-ring (bicyclic) bond motifs is 1. The summed E-state index contributed by atoms with van der Waals surface area (Å²) in [5.41, 5.74) is 0.972. The summed E-state index contributed by atoms with van der Waals surface area (Å²) in [7, 11) is 0. The molecule has 0 amide bonds. The minimum Gasteiger partial charge on any atom is -0.507 e. The molecule has 2 N–H and O–H groups in total. The molecule has 82 valence electrons. The van der Waals surface area contributed by atoms with Crippen molar-refractivity contribution >= 4 is 60.5 Å². The van der Waals surface area contributed by atoms with Gasteiger partial charge in [0.1, 0.15) is 5.75 Å². The summed E-state index contributed by atoms with van der Waals surface area (Å²) in [5, 5.41) is 10.1. The molecule has 1 aromatic heterocycles. The summed E-state index contributed by atoms with van der Waals surface area (Å²) >= 11 is 0. The van der Waals surface area contributed by atoms with Gasteiger partial charge in [-0.1, -0.05) is 6.07 Å². The maximum absolute atomic E-state index is 9.24. The molecule has 0 aliphatic rings. The molecule has 0 radical (unpaired) electrons. The molecule has 2 nitrogen and oxygen atoms in total. The van der Waals surface area contributed by atoms with Crippen molar-refractivity contribution in [3.63, 3.8) is 0 Å². The zero-order valence-electron chi connectivity index (χ0n) is 6.97. The SMILES string of the molecule is Cl.Cl.Cl.Cl.Oc1cccc2[nH]ccc12. The average Bonchev–Trinajstić information content (AvgIpc) is 2.36. The number of hydrogen-bond acceptors (Lipinski definition) is 1. The monoisotopic (exact) mass is 277 g/mol. The van der Waals surface area contributed by atoms with Gasteiger partial charge in [0.15, 0.2) is 0 Å². The topological polar surface area (TPSA) is 36.0 Å². The van der Waals surface area contributed by atoms with E-state index in [0.29, 0.717) is 5.75 Å². The van der Waals surface area contributed by atoms with Gasteiger partial charge in [-0.25, -0.2) is 0 Å². The van der Waals surface area contributed by atoms with Crippen LogP contribution >= 0.6 is 49.6 Å². The number of H-pyrrole nitrogens is 1. The van der Waals surface area contributed by atoms with Crippen molar-refractivity contribution in [2.24, 2.45) is 0 Å². The molecule has 1 heterocycles. The molecule has 0 aliphatic heterocycles. The van der Waals surface area contributed by atoms with Crippen LogP contribution in [0.1, 0.15) is 0 Å². The normalized spacial score (nSPS) is 7.43. The Hall–Kier alpha value is -0.280. The van der Waals surface area contributed by atoms with E-state index in [0.717, 1.165) is 10.9 Å². The summed E-state index contributed by atoms with van der Waals surface area (Å²) in [6.07, 6.45) is 1.81. The molecule has 2 aromatic rings. The van der Waals surface area contributed by atoms with Crippen LogP contribution in [0.25, 0.3) is 10.9 Å². The lowest BCUT2D eigenvalue weighted by atomic mass is 10.2. The minimum atomic E-state index is 0. The molecule has 0 saturated carbocycles. The molecule has 0 saturated heterocycles. The van der Waals surface area contributed by atoms with E-state index in [1.807, 2.05) is 24.4 Å². The number of rotatable bonds is 0. The fraction of sp³-hybridized carbons (Fsp3) is 0. The summed E-state index contributed by atoms with van der Waals surface area (Å²) in [4.78, 5) is 3.00. The van der Waals surface area contributed by atoms with Crippen molar-refractivity contribution in [2.45, 2.75) is 0 Å². The second kappa shape index (κ2) is 8.06. The number of aromatic nitrogens is 1.